The largest absolute Gasteiger partial charge is 0.492 e. The van der Waals surface area contributed by atoms with Gasteiger partial charge in [0.2, 0.25) is 0 Å². The Bertz CT molecular complexity index is 665. The molecule has 2 aromatic rings. The van der Waals surface area contributed by atoms with Gasteiger partial charge in [0.05, 0.1) is 0 Å². The Kier molecular flexibility index (Phi) is 4.04. The molecule has 1 aliphatic heterocycles. The highest BCUT2D eigenvalue weighted by Crippen LogP contribution is 2.33. The fraction of sp³-hybridized carbons (Fsp3) is 0.450. The summed E-state index contributed by atoms with van der Waals surface area (Å²) < 4.78 is 6.08. The Hall–Kier alpha value is -1.87. The van der Waals surface area contributed by atoms with Crippen LogP contribution in [0.3, 0.4) is 0 Å². The van der Waals surface area contributed by atoms with Crippen molar-refractivity contribution in [3.63, 3.8) is 0 Å². The second-order valence-corrected chi connectivity index (χ2v) is 6.83. The number of hydrogen-bond donors (Lipinski definition) is 0. The van der Waals surface area contributed by atoms with Crippen molar-refractivity contribution in [2.24, 2.45) is 0 Å². The molecule has 0 saturated heterocycles. The van der Waals surface area contributed by atoms with Crippen molar-refractivity contribution in [1.82, 2.24) is 9.88 Å². The van der Waals surface area contributed by atoms with E-state index in [1.54, 1.807) is 0 Å². The molecular formula is C20H24N2O. The van der Waals surface area contributed by atoms with E-state index in [1.807, 2.05) is 18.5 Å². The van der Waals surface area contributed by atoms with Crippen LogP contribution in [0, 0.1) is 0 Å². The Morgan fingerprint density at radius 2 is 2.00 bits per heavy atom. The third kappa shape index (κ3) is 2.98. The van der Waals surface area contributed by atoms with Crippen molar-refractivity contribution < 1.29 is 4.74 Å². The van der Waals surface area contributed by atoms with E-state index in [-0.39, 0.29) is 0 Å². The van der Waals surface area contributed by atoms with Crippen LogP contribution < -0.4 is 4.74 Å². The highest BCUT2D eigenvalue weighted by molar-refractivity contribution is 5.64. The van der Waals surface area contributed by atoms with Crippen molar-refractivity contribution in [1.29, 1.82) is 0 Å². The fourth-order valence-electron chi connectivity index (χ4n) is 3.94. The average Bonchev–Trinajstić information content (AvgIpc) is 3.07. The van der Waals surface area contributed by atoms with Gasteiger partial charge in [-0.3, -0.25) is 9.88 Å². The monoisotopic (exact) mass is 308 g/mol. The van der Waals surface area contributed by atoms with Crippen molar-refractivity contribution in [2.45, 2.75) is 51.2 Å². The zero-order valence-electron chi connectivity index (χ0n) is 13.7. The molecule has 1 aromatic heterocycles. The second kappa shape index (κ2) is 6.32. The number of ether oxygens (including phenoxy) is 1. The number of pyridine rings is 1. The van der Waals surface area contributed by atoms with E-state index in [0.29, 0.717) is 6.04 Å². The van der Waals surface area contributed by atoms with Crippen LogP contribution in [0.25, 0.3) is 11.1 Å². The number of hydrogen-bond acceptors (Lipinski definition) is 3. The van der Waals surface area contributed by atoms with E-state index in [4.69, 9.17) is 4.74 Å². The zero-order valence-corrected chi connectivity index (χ0v) is 13.7. The molecule has 1 saturated carbocycles. The summed E-state index contributed by atoms with van der Waals surface area (Å²) in [4.78, 5) is 6.90. The van der Waals surface area contributed by atoms with Gasteiger partial charge < -0.3 is 4.74 Å². The maximum absolute atomic E-state index is 6.08. The van der Waals surface area contributed by atoms with Gasteiger partial charge in [0.1, 0.15) is 12.4 Å². The third-order valence-corrected chi connectivity index (χ3v) is 5.25. The van der Waals surface area contributed by atoms with Crippen LogP contribution in [-0.2, 0) is 6.54 Å². The first-order valence-electron chi connectivity index (χ1n) is 8.73. The van der Waals surface area contributed by atoms with Crippen LogP contribution in [0.4, 0.5) is 0 Å². The number of rotatable bonds is 2. The van der Waals surface area contributed by atoms with Crippen LogP contribution in [0.2, 0.25) is 0 Å². The van der Waals surface area contributed by atoms with Crippen LogP contribution in [0.5, 0.6) is 5.75 Å². The molecule has 1 atom stereocenters. The van der Waals surface area contributed by atoms with Gasteiger partial charge in [-0.2, -0.15) is 0 Å². The molecule has 0 spiro atoms. The summed E-state index contributed by atoms with van der Waals surface area (Å²) >= 11 is 0. The second-order valence-electron chi connectivity index (χ2n) is 6.83. The molecule has 0 radical (unpaired) electrons. The normalized spacial score (nSPS) is 22.4. The topological polar surface area (TPSA) is 25.4 Å². The van der Waals surface area contributed by atoms with Crippen LogP contribution in [0.1, 0.15) is 38.2 Å². The summed E-state index contributed by atoms with van der Waals surface area (Å²) in [6.07, 6.45) is 9.16. The van der Waals surface area contributed by atoms with E-state index in [2.05, 4.69) is 41.1 Å². The summed E-state index contributed by atoms with van der Waals surface area (Å²) in [5, 5.41) is 0. The molecule has 0 unspecified atom stereocenters. The molecule has 1 aromatic carbocycles. The minimum atomic E-state index is 0.479. The Balaban J connectivity index is 1.66. The summed E-state index contributed by atoms with van der Waals surface area (Å²) in [6, 6.07) is 11.9. The SMILES string of the molecule is C[C@H]1COc2ccc(-c3cccnc3)cc2CN1C1CCCC1. The number of nitrogens with zero attached hydrogens (tertiary/aromatic N) is 2. The van der Waals surface area contributed by atoms with Gasteiger partial charge >= 0.3 is 0 Å². The summed E-state index contributed by atoms with van der Waals surface area (Å²) in [5.41, 5.74) is 3.70. The molecule has 0 N–H and O–H groups in total. The van der Waals surface area contributed by atoms with Gasteiger partial charge in [0, 0.05) is 42.1 Å². The summed E-state index contributed by atoms with van der Waals surface area (Å²) in [7, 11) is 0. The molecule has 3 heteroatoms. The standard InChI is InChI=1S/C20H24N2O/c1-15-14-23-20-9-8-16(17-5-4-10-21-12-17)11-18(20)13-22(15)19-6-2-3-7-19/h4-5,8-12,15,19H,2-3,6-7,13-14H2,1H3/t15-/m0/s1. The van der Waals surface area contributed by atoms with Crippen LogP contribution in [-0.4, -0.2) is 28.6 Å². The third-order valence-electron chi connectivity index (χ3n) is 5.25. The maximum Gasteiger partial charge on any atom is 0.123 e. The van der Waals surface area contributed by atoms with E-state index in [9.17, 15) is 0 Å². The first-order valence-corrected chi connectivity index (χ1v) is 8.73. The molecule has 0 bridgehead atoms. The summed E-state index contributed by atoms with van der Waals surface area (Å²) in [5.74, 6) is 1.05. The Labute approximate surface area is 138 Å². The minimum absolute atomic E-state index is 0.479. The molecule has 23 heavy (non-hydrogen) atoms. The number of fused-ring (bicyclic) bond motifs is 1. The number of benzene rings is 1. The van der Waals surface area contributed by atoms with Crippen LogP contribution >= 0.6 is 0 Å². The predicted molar refractivity (Wildman–Crippen MR) is 92.4 cm³/mol. The molecule has 0 amide bonds. The van der Waals surface area contributed by atoms with Crippen molar-refractivity contribution in [3.8, 4) is 16.9 Å². The van der Waals surface area contributed by atoms with Crippen molar-refractivity contribution >= 4 is 0 Å². The molecule has 2 heterocycles. The molecule has 1 fully saturated rings. The first-order chi connectivity index (χ1) is 11.3. The Morgan fingerprint density at radius 1 is 1.13 bits per heavy atom. The lowest BCUT2D eigenvalue weighted by atomic mass is 10.0. The van der Waals surface area contributed by atoms with Crippen molar-refractivity contribution in [3.05, 3.63) is 48.3 Å². The average molecular weight is 308 g/mol. The van der Waals surface area contributed by atoms with E-state index in [1.165, 1.54) is 42.4 Å². The smallest absolute Gasteiger partial charge is 0.123 e. The van der Waals surface area contributed by atoms with Gasteiger partial charge in [0.15, 0.2) is 0 Å². The maximum atomic E-state index is 6.08. The lowest BCUT2D eigenvalue weighted by Crippen LogP contribution is -2.41. The van der Waals surface area contributed by atoms with Gasteiger partial charge in [0.25, 0.3) is 0 Å². The van der Waals surface area contributed by atoms with Gasteiger partial charge in [-0.15, -0.1) is 0 Å². The molecule has 1 aliphatic carbocycles. The van der Waals surface area contributed by atoms with Gasteiger partial charge in [-0.25, -0.2) is 0 Å². The highest BCUT2D eigenvalue weighted by atomic mass is 16.5. The number of aromatic nitrogens is 1. The van der Waals surface area contributed by atoms with Gasteiger partial charge in [-0.1, -0.05) is 25.0 Å². The molecule has 2 aliphatic rings. The van der Waals surface area contributed by atoms with Gasteiger partial charge in [-0.05, 0) is 43.5 Å². The highest BCUT2D eigenvalue weighted by Gasteiger charge is 2.29. The van der Waals surface area contributed by atoms with Crippen LogP contribution in [0.15, 0.2) is 42.7 Å². The zero-order chi connectivity index (χ0) is 15.6. The lowest BCUT2D eigenvalue weighted by Gasteiger charge is -2.32. The molecule has 3 nitrogen and oxygen atoms in total. The Morgan fingerprint density at radius 3 is 2.78 bits per heavy atom. The van der Waals surface area contributed by atoms with E-state index >= 15 is 0 Å². The molecule has 4 rings (SSSR count). The first kappa shape index (κ1) is 14.7. The van der Waals surface area contributed by atoms with Crippen molar-refractivity contribution in [2.75, 3.05) is 6.61 Å². The summed E-state index contributed by atoms with van der Waals surface area (Å²) in [6.45, 7) is 4.08. The molecular weight excluding hydrogens is 284 g/mol. The molecule has 120 valence electrons. The predicted octanol–water partition coefficient (Wildman–Crippen LogP) is 4.27. The minimum Gasteiger partial charge on any atom is -0.492 e. The lowest BCUT2D eigenvalue weighted by molar-refractivity contribution is 0.111. The van der Waals surface area contributed by atoms with E-state index in [0.717, 1.165) is 24.9 Å². The quantitative estimate of drug-likeness (QED) is 0.828. The fourth-order valence-corrected chi connectivity index (χ4v) is 3.94. The van der Waals surface area contributed by atoms with E-state index < -0.39 is 0 Å².